The summed E-state index contributed by atoms with van der Waals surface area (Å²) in [5.41, 5.74) is 0.253. The fraction of sp³-hybridized carbons (Fsp3) is 0.545. The maximum Gasteiger partial charge on any atom is 0.253 e. The Morgan fingerprint density at radius 2 is 2.19 bits per heavy atom. The fourth-order valence-electron chi connectivity index (χ4n) is 1.20. The Bertz CT molecular complexity index is 346. The van der Waals surface area contributed by atoms with Crippen molar-refractivity contribution >= 4 is 5.91 Å². The molecule has 1 aromatic heterocycles. The molecule has 1 unspecified atom stereocenters. The van der Waals surface area contributed by atoms with E-state index in [1.807, 2.05) is 20.8 Å². The summed E-state index contributed by atoms with van der Waals surface area (Å²) in [5, 5.41) is 19.2. The first-order valence-corrected chi connectivity index (χ1v) is 5.13. The van der Waals surface area contributed by atoms with Gasteiger partial charge in [0, 0.05) is 0 Å². The van der Waals surface area contributed by atoms with Crippen LogP contribution >= 0.6 is 0 Å². The molecule has 2 N–H and O–H groups in total. The molecule has 0 saturated heterocycles. The van der Waals surface area contributed by atoms with Crippen molar-refractivity contribution in [2.24, 2.45) is 5.41 Å². The van der Waals surface area contributed by atoms with E-state index in [1.165, 1.54) is 12.4 Å². The molecule has 0 bridgehead atoms. The number of carbonyl (C=O) groups is 1. The van der Waals surface area contributed by atoms with Gasteiger partial charge in [0.2, 0.25) is 0 Å². The molecule has 0 aliphatic rings. The van der Waals surface area contributed by atoms with Crippen molar-refractivity contribution in [3.8, 4) is 0 Å². The zero-order valence-corrected chi connectivity index (χ0v) is 9.77. The molecule has 5 nitrogen and oxygen atoms in total. The number of nitrogens with one attached hydrogen (secondary N) is 1. The largest absolute Gasteiger partial charge is 0.394 e. The van der Waals surface area contributed by atoms with Crippen LogP contribution < -0.4 is 5.32 Å². The van der Waals surface area contributed by atoms with Crippen LogP contribution in [0.2, 0.25) is 0 Å². The predicted octanol–water partition coefficient (Wildman–Crippen LogP) is 0.613. The SMILES string of the molecule is CC(C)(C)C(CO)NC(=O)c1ccnnc1. The van der Waals surface area contributed by atoms with Crippen molar-refractivity contribution in [2.45, 2.75) is 26.8 Å². The summed E-state index contributed by atoms with van der Waals surface area (Å²) in [4.78, 5) is 11.8. The Hall–Kier alpha value is -1.49. The number of carbonyl (C=O) groups excluding carboxylic acids is 1. The molecule has 0 aromatic carbocycles. The molecule has 0 aliphatic heterocycles. The molecule has 88 valence electrons. The lowest BCUT2D eigenvalue weighted by Crippen LogP contribution is -2.46. The maximum atomic E-state index is 11.8. The van der Waals surface area contributed by atoms with Gasteiger partial charge in [0.25, 0.3) is 5.91 Å². The Labute approximate surface area is 94.9 Å². The summed E-state index contributed by atoms with van der Waals surface area (Å²) < 4.78 is 0. The molecule has 1 amide bonds. The molecule has 1 atom stereocenters. The second kappa shape index (κ2) is 5.03. The van der Waals surface area contributed by atoms with Crippen LogP contribution in [0.3, 0.4) is 0 Å². The molecule has 5 heteroatoms. The van der Waals surface area contributed by atoms with Gasteiger partial charge in [-0.05, 0) is 11.5 Å². The number of aliphatic hydroxyl groups excluding tert-OH is 1. The molecule has 0 aliphatic carbocycles. The first kappa shape index (κ1) is 12.6. The van der Waals surface area contributed by atoms with E-state index in [-0.39, 0.29) is 24.0 Å². The van der Waals surface area contributed by atoms with Gasteiger partial charge in [0.05, 0.1) is 30.6 Å². The van der Waals surface area contributed by atoms with Crippen molar-refractivity contribution in [3.05, 3.63) is 24.0 Å². The number of rotatable bonds is 3. The van der Waals surface area contributed by atoms with Crippen LogP contribution in [0.4, 0.5) is 0 Å². The first-order chi connectivity index (χ1) is 7.45. The van der Waals surface area contributed by atoms with Crippen molar-refractivity contribution in [1.82, 2.24) is 15.5 Å². The van der Waals surface area contributed by atoms with E-state index < -0.39 is 0 Å². The number of nitrogens with zero attached hydrogens (tertiary/aromatic N) is 2. The van der Waals surface area contributed by atoms with Gasteiger partial charge in [-0.15, -0.1) is 0 Å². The molecular formula is C11H17N3O2. The smallest absolute Gasteiger partial charge is 0.253 e. The van der Waals surface area contributed by atoms with Crippen LogP contribution in [-0.4, -0.2) is 33.9 Å². The van der Waals surface area contributed by atoms with Gasteiger partial charge in [0.15, 0.2) is 0 Å². The lowest BCUT2D eigenvalue weighted by atomic mass is 9.87. The third kappa shape index (κ3) is 3.27. The average Bonchev–Trinajstić information content (AvgIpc) is 2.25. The van der Waals surface area contributed by atoms with E-state index >= 15 is 0 Å². The van der Waals surface area contributed by atoms with Gasteiger partial charge in [-0.1, -0.05) is 20.8 Å². The zero-order valence-electron chi connectivity index (χ0n) is 9.77. The van der Waals surface area contributed by atoms with Crippen LogP contribution in [0.25, 0.3) is 0 Å². The number of hydrogen-bond donors (Lipinski definition) is 2. The summed E-state index contributed by atoms with van der Waals surface area (Å²) in [7, 11) is 0. The summed E-state index contributed by atoms with van der Waals surface area (Å²) in [6.45, 7) is 5.78. The summed E-state index contributed by atoms with van der Waals surface area (Å²) in [5.74, 6) is -0.246. The van der Waals surface area contributed by atoms with Crippen LogP contribution in [0.15, 0.2) is 18.5 Å². The van der Waals surface area contributed by atoms with Crippen LogP contribution in [-0.2, 0) is 0 Å². The highest BCUT2D eigenvalue weighted by atomic mass is 16.3. The predicted molar refractivity (Wildman–Crippen MR) is 59.8 cm³/mol. The highest BCUT2D eigenvalue weighted by molar-refractivity contribution is 5.93. The van der Waals surface area contributed by atoms with Gasteiger partial charge in [-0.2, -0.15) is 10.2 Å². The second-order valence-corrected chi connectivity index (χ2v) is 4.71. The van der Waals surface area contributed by atoms with E-state index in [4.69, 9.17) is 0 Å². The van der Waals surface area contributed by atoms with E-state index in [1.54, 1.807) is 6.07 Å². The van der Waals surface area contributed by atoms with E-state index in [9.17, 15) is 9.90 Å². The van der Waals surface area contributed by atoms with E-state index in [0.717, 1.165) is 0 Å². The summed E-state index contributed by atoms with van der Waals surface area (Å²) in [6, 6.07) is 1.30. The minimum atomic E-state index is -0.284. The van der Waals surface area contributed by atoms with Crippen LogP contribution in [0, 0.1) is 5.41 Å². The number of aliphatic hydroxyl groups is 1. The lowest BCUT2D eigenvalue weighted by Gasteiger charge is -2.29. The molecule has 1 aromatic rings. The van der Waals surface area contributed by atoms with Gasteiger partial charge in [0.1, 0.15) is 0 Å². The Morgan fingerprint density at radius 3 is 2.62 bits per heavy atom. The highest BCUT2D eigenvalue weighted by Gasteiger charge is 2.25. The molecule has 0 radical (unpaired) electrons. The quantitative estimate of drug-likeness (QED) is 0.787. The number of hydrogen-bond acceptors (Lipinski definition) is 4. The lowest BCUT2D eigenvalue weighted by molar-refractivity contribution is 0.0847. The van der Waals surface area contributed by atoms with Crippen molar-refractivity contribution in [3.63, 3.8) is 0 Å². The minimum absolute atomic E-state index is 0.0895. The van der Waals surface area contributed by atoms with E-state index in [0.29, 0.717) is 5.56 Å². The summed E-state index contributed by atoms with van der Waals surface area (Å²) >= 11 is 0. The monoisotopic (exact) mass is 223 g/mol. The van der Waals surface area contributed by atoms with Crippen molar-refractivity contribution in [2.75, 3.05) is 6.61 Å². The van der Waals surface area contributed by atoms with Crippen molar-refractivity contribution in [1.29, 1.82) is 0 Å². The Morgan fingerprint density at radius 1 is 1.50 bits per heavy atom. The van der Waals surface area contributed by atoms with Gasteiger partial charge in [-0.3, -0.25) is 4.79 Å². The molecular weight excluding hydrogens is 206 g/mol. The van der Waals surface area contributed by atoms with Gasteiger partial charge >= 0.3 is 0 Å². The maximum absolute atomic E-state index is 11.8. The minimum Gasteiger partial charge on any atom is -0.394 e. The molecule has 16 heavy (non-hydrogen) atoms. The summed E-state index contributed by atoms with van der Waals surface area (Å²) in [6.07, 6.45) is 2.85. The Kier molecular flexibility index (Phi) is 3.95. The molecule has 0 fully saturated rings. The second-order valence-electron chi connectivity index (χ2n) is 4.71. The molecule has 0 saturated carbocycles. The fourth-order valence-corrected chi connectivity index (χ4v) is 1.20. The standard InChI is InChI=1S/C11H17N3O2/c1-11(2,3)9(7-15)14-10(16)8-4-5-12-13-6-8/h4-6,9,15H,7H2,1-3H3,(H,14,16). The van der Waals surface area contributed by atoms with Crippen molar-refractivity contribution < 1.29 is 9.90 Å². The van der Waals surface area contributed by atoms with Crippen LogP contribution in [0.1, 0.15) is 31.1 Å². The highest BCUT2D eigenvalue weighted by Crippen LogP contribution is 2.18. The Balaban J connectivity index is 2.71. The third-order valence-electron chi connectivity index (χ3n) is 2.38. The number of amides is 1. The van der Waals surface area contributed by atoms with Gasteiger partial charge < -0.3 is 10.4 Å². The molecule has 0 spiro atoms. The van der Waals surface area contributed by atoms with Gasteiger partial charge in [-0.25, -0.2) is 0 Å². The van der Waals surface area contributed by atoms with Crippen LogP contribution in [0.5, 0.6) is 0 Å². The molecule has 1 rings (SSSR count). The normalized spacial score (nSPS) is 13.2. The molecule has 1 heterocycles. The third-order valence-corrected chi connectivity index (χ3v) is 2.38. The number of aromatic nitrogens is 2. The van der Waals surface area contributed by atoms with E-state index in [2.05, 4.69) is 15.5 Å². The first-order valence-electron chi connectivity index (χ1n) is 5.13. The average molecular weight is 223 g/mol. The topological polar surface area (TPSA) is 75.1 Å². The zero-order chi connectivity index (χ0) is 12.2.